The first-order valence-corrected chi connectivity index (χ1v) is 6.87. The van der Waals surface area contributed by atoms with E-state index in [9.17, 15) is 0 Å². The van der Waals surface area contributed by atoms with Gasteiger partial charge in [-0.05, 0) is 12.7 Å². The molecule has 0 atom stereocenters. The summed E-state index contributed by atoms with van der Waals surface area (Å²) in [4.78, 5) is 8.71. The molecule has 90 valence electrons. The quantitative estimate of drug-likeness (QED) is 0.436. The summed E-state index contributed by atoms with van der Waals surface area (Å²) < 4.78 is 0. The Labute approximate surface area is 102 Å². The molecule has 0 fully saturated rings. The molecule has 1 rings (SSSR count). The third kappa shape index (κ3) is 4.26. The lowest BCUT2D eigenvalue weighted by molar-refractivity contribution is 0.741. The van der Waals surface area contributed by atoms with E-state index in [4.69, 9.17) is 0 Å². The van der Waals surface area contributed by atoms with Crippen LogP contribution >= 0.6 is 11.8 Å². The Hall–Kier alpha value is -0.970. The Balaban J connectivity index is 2.57. The minimum Gasteiger partial charge on any atom is -0.373 e. The summed E-state index contributed by atoms with van der Waals surface area (Å²) in [7, 11) is 1.87. The van der Waals surface area contributed by atoms with E-state index in [-0.39, 0.29) is 0 Å². The van der Waals surface area contributed by atoms with E-state index >= 15 is 0 Å². The van der Waals surface area contributed by atoms with Gasteiger partial charge in [0.15, 0.2) is 5.16 Å². The van der Waals surface area contributed by atoms with Gasteiger partial charge in [-0.25, -0.2) is 9.97 Å². The number of anilines is 2. The molecular formula is C11H20N4S. The van der Waals surface area contributed by atoms with Gasteiger partial charge in [-0.3, -0.25) is 0 Å². The lowest BCUT2D eigenvalue weighted by Crippen LogP contribution is -2.05. The van der Waals surface area contributed by atoms with Crippen LogP contribution in [0.2, 0.25) is 0 Å². The summed E-state index contributed by atoms with van der Waals surface area (Å²) in [6, 6.07) is 1.94. The highest BCUT2D eigenvalue weighted by Gasteiger charge is 2.01. The average molecular weight is 240 g/mol. The van der Waals surface area contributed by atoms with Crippen molar-refractivity contribution in [1.29, 1.82) is 0 Å². The van der Waals surface area contributed by atoms with E-state index in [1.165, 1.54) is 19.3 Å². The number of nitrogens with one attached hydrogen (secondary N) is 2. The smallest absolute Gasteiger partial charge is 0.191 e. The summed E-state index contributed by atoms with van der Waals surface area (Å²) in [6.07, 6.45) is 5.66. The minimum absolute atomic E-state index is 0.796. The summed E-state index contributed by atoms with van der Waals surface area (Å²) in [5, 5.41) is 7.16. The molecule has 0 spiro atoms. The van der Waals surface area contributed by atoms with Gasteiger partial charge in [0.1, 0.15) is 11.6 Å². The number of nitrogens with zero attached hydrogens (tertiary/aromatic N) is 2. The van der Waals surface area contributed by atoms with E-state index in [2.05, 4.69) is 27.5 Å². The minimum atomic E-state index is 0.796. The maximum absolute atomic E-state index is 4.40. The number of unbranched alkanes of at least 4 members (excludes halogenated alkanes) is 2. The highest BCUT2D eigenvalue weighted by molar-refractivity contribution is 7.98. The predicted molar refractivity (Wildman–Crippen MR) is 71.4 cm³/mol. The zero-order valence-electron chi connectivity index (χ0n) is 10.2. The Morgan fingerprint density at radius 3 is 2.62 bits per heavy atom. The van der Waals surface area contributed by atoms with Crippen LogP contribution in [0.5, 0.6) is 0 Å². The SMILES string of the molecule is CCCCCNc1cc(NC)nc(SC)n1. The standard InChI is InChI=1S/C11H20N4S/c1-4-5-6-7-13-10-8-9(12-2)14-11(15-10)16-3/h8H,4-7H2,1-3H3,(H2,12,13,14,15). The molecule has 0 aromatic carbocycles. The fourth-order valence-corrected chi connectivity index (χ4v) is 1.71. The normalized spacial score (nSPS) is 10.2. The van der Waals surface area contributed by atoms with Crippen LogP contribution in [0.15, 0.2) is 11.2 Å². The highest BCUT2D eigenvalue weighted by atomic mass is 32.2. The van der Waals surface area contributed by atoms with Gasteiger partial charge in [-0.2, -0.15) is 0 Å². The van der Waals surface area contributed by atoms with Gasteiger partial charge < -0.3 is 10.6 Å². The van der Waals surface area contributed by atoms with Crippen molar-refractivity contribution in [3.8, 4) is 0 Å². The molecule has 0 aliphatic heterocycles. The number of rotatable bonds is 7. The molecule has 0 unspecified atom stereocenters. The lowest BCUT2D eigenvalue weighted by atomic mass is 10.2. The molecule has 1 aromatic rings. The molecule has 0 radical (unpaired) electrons. The van der Waals surface area contributed by atoms with Crippen LogP contribution in [0.4, 0.5) is 11.6 Å². The second kappa shape index (κ2) is 7.33. The van der Waals surface area contributed by atoms with Crippen LogP contribution < -0.4 is 10.6 Å². The molecule has 5 heteroatoms. The van der Waals surface area contributed by atoms with Crippen LogP contribution in [-0.2, 0) is 0 Å². The molecule has 0 amide bonds. The van der Waals surface area contributed by atoms with Gasteiger partial charge >= 0.3 is 0 Å². The molecule has 1 aromatic heterocycles. The topological polar surface area (TPSA) is 49.8 Å². The first-order chi connectivity index (χ1) is 7.80. The van der Waals surface area contributed by atoms with E-state index < -0.39 is 0 Å². The zero-order chi connectivity index (χ0) is 11.8. The van der Waals surface area contributed by atoms with Crippen molar-refractivity contribution in [3.05, 3.63) is 6.07 Å². The predicted octanol–water partition coefficient (Wildman–Crippen LogP) is 2.84. The molecule has 0 bridgehead atoms. The van der Waals surface area contributed by atoms with Crippen molar-refractivity contribution in [2.45, 2.75) is 31.3 Å². The maximum atomic E-state index is 4.40. The van der Waals surface area contributed by atoms with Gasteiger partial charge in [-0.1, -0.05) is 31.5 Å². The number of aromatic nitrogens is 2. The molecule has 0 saturated heterocycles. The largest absolute Gasteiger partial charge is 0.373 e. The van der Waals surface area contributed by atoms with Crippen LogP contribution in [-0.4, -0.2) is 29.8 Å². The van der Waals surface area contributed by atoms with E-state index in [1.807, 2.05) is 19.4 Å². The van der Waals surface area contributed by atoms with Gasteiger partial charge in [0.05, 0.1) is 0 Å². The molecule has 1 heterocycles. The second-order valence-corrected chi connectivity index (χ2v) is 4.28. The zero-order valence-corrected chi connectivity index (χ0v) is 11.0. The lowest BCUT2D eigenvalue weighted by Gasteiger charge is -2.08. The van der Waals surface area contributed by atoms with Crippen LogP contribution in [0, 0.1) is 0 Å². The summed E-state index contributed by atoms with van der Waals surface area (Å²) in [5.74, 6) is 1.76. The van der Waals surface area contributed by atoms with Gasteiger partial charge in [0.2, 0.25) is 0 Å². The number of thioether (sulfide) groups is 1. The maximum Gasteiger partial charge on any atom is 0.191 e. The van der Waals surface area contributed by atoms with E-state index in [1.54, 1.807) is 11.8 Å². The summed E-state index contributed by atoms with van der Waals surface area (Å²) in [5.41, 5.74) is 0. The van der Waals surface area contributed by atoms with Crippen molar-refractivity contribution in [3.63, 3.8) is 0 Å². The second-order valence-electron chi connectivity index (χ2n) is 3.51. The highest BCUT2D eigenvalue weighted by Crippen LogP contribution is 2.16. The molecule has 0 aliphatic rings. The Kier molecular flexibility index (Phi) is 6.00. The van der Waals surface area contributed by atoms with Crippen molar-refractivity contribution in [1.82, 2.24) is 9.97 Å². The monoisotopic (exact) mass is 240 g/mol. The van der Waals surface area contributed by atoms with Gasteiger partial charge in [0, 0.05) is 19.7 Å². The Morgan fingerprint density at radius 1 is 1.25 bits per heavy atom. The van der Waals surface area contributed by atoms with E-state index in [0.29, 0.717) is 0 Å². The van der Waals surface area contributed by atoms with Crippen LogP contribution in [0.1, 0.15) is 26.2 Å². The number of hydrogen-bond donors (Lipinski definition) is 2. The fourth-order valence-electron chi connectivity index (χ4n) is 1.33. The van der Waals surface area contributed by atoms with Crippen LogP contribution in [0.3, 0.4) is 0 Å². The Morgan fingerprint density at radius 2 is 2.00 bits per heavy atom. The molecular weight excluding hydrogens is 220 g/mol. The summed E-state index contributed by atoms with van der Waals surface area (Å²) >= 11 is 1.55. The van der Waals surface area contributed by atoms with Crippen LogP contribution in [0.25, 0.3) is 0 Å². The van der Waals surface area contributed by atoms with Crippen molar-refractivity contribution < 1.29 is 0 Å². The average Bonchev–Trinajstić information content (AvgIpc) is 2.34. The number of hydrogen-bond acceptors (Lipinski definition) is 5. The Bertz CT molecular complexity index is 295. The molecule has 0 saturated carbocycles. The third-order valence-corrected chi connectivity index (χ3v) is 2.78. The van der Waals surface area contributed by atoms with Crippen molar-refractivity contribution in [2.75, 3.05) is 30.5 Å². The first kappa shape index (κ1) is 13.1. The molecule has 0 aliphatic carbocycles. The van der Waals surface area contributed by atoms with Gasteiger partial charge in [0.25, 0.3) is 0 Å². The van der Waals surface area contributed by atoms with E-state index in [0.717, 1.165) is 23.3 Å². The molecule has 16 heavy (non-hydrogen) atoms. The summed E-state index contributed by atoms with van der Waals surface area (Å²) in [6.45, 7) is 3.18. The third-order valence-electron chi connectivity index (χ3n) is 2.23. The van der Waals surface area contributed by atoms with Crippen molar-refractivity contribution in [2.24, 2.45) is 0 Å². The first-order valence-electron chi connectivity index (χ1n) is 5.64. The van der Waals surface area contributed by atoms with Crippen molar-refractivity contribution >= 4 is 23.4 Å². The molecule has 2 N–H and O–H groups in total. The fraction of sp³-hybridized carbons (Fsp3) is 0.636. The van der Waals surface area contributed by atoms with Gasteiger partial charge in [-0.15, -0.1) is 0 Å². The molecule has 4 nitrogen and oxygen atoms in total.